The molecule has 0 fully saturated rings. The number of aromatic nitrogens is 4. The first-order valence-corrected chi connectivity index (χ1v) is 16.5. The first-order chi connectivity index (χ1) is 26.5. The van der Waals surface area contributed by atoms with E-state index in [1.54, 1.807) is 49.4 Å². The molecular formula is C39H32CrF2N6O8. The molecule has 0 aliphatic rings. The summed E-state index contributed by atoms with van der Waals surface area (Å²) in [6.45, 7) is 3.54. The molecule has 286 valence electrons. The minimum atomic E-state index is -1.37. The summed E-state index contributed by atoms with van der Waals surface area (Å²) in [4.78, 5) is 42.7. The number of hydrogen-bond donors (Lipinski definition) is 4. The van der Waals surface area contributed by atoms with Crippen LogP contribution in [0.1, 0.15) is 61.9 Å². The van der Waals surface area contributed by atoms with E-state index in [-0.39, 0.29) is 57.9 Å². The number of ether oxygens (including phenoxy) is 1. The van der Waals surface area contributed by atoms with E-state index in [1.165, 1.54) is 35.2 Å². The van der Waals surface area contributed by atoms with Crippen LogP contribution in [0.4, 0.5) is 20.2 Å². The minimum Gasteiger partial charge on any atom is -0.493 e. The van der Waals surface area contributed by atoms with Crippen molar-refractivity contribution in [1.29, 1.82) is 0 Å². The molecule has 0 atom stereocenters. The Balaban J connectivity index is 0.000000246. The van der Waals surface area contributed by atoms with Crippen LogP contribution in [0.25, 0.3) is 11.4 Å². The van der Waals surface area contributed by atoms with Gasteiger partial charge in [-0.15, -0.1) is 0 Å². The fourth-order valence-electron chi connectivity index (χ4n) is 5.14. The fourth-order valence-corrected chi connectivity index (χ4v) is 5.14. The van der Waals surface area contributed by atoms with Gasteiger partial charge in [-0.25, -0.2) is 27.8 Å². The van der Waals surface area contributed by atoms with Gasteiger partial charge in [0.25, 0.3) is 0 Å². The fraction of sp³-hybridized carbons (Fsp3) is 0.103. The van der Waals surface area contributed by atoms with Gasteiger partial charge in [-0.1, -0.05) is 55.5 Å². The van der Waals surface area contributed by atoms with Crippen LogP contribution in [0.3, 0.4) is 0 Å². The number of para-hydroxylation sites is 4. The summed E-state index contributed by atoms with van der Waals surface area (Å²) in [5, 5.41) is 48.0. The summed E-state index contributed by atoms with van der Waals surface area (Å²) in [6.07, 6.45) is 2.74. The molecule has 0 saturated carbocycles. The zero-order valence-corrected chi connectivity index (χ0v) is 30.9. The van der Waals surface area contributed by atoms with Crippen molar-refractivity contribution >= 4 is 41.7 Å². The Morgan fingerprint density at radius 1 is 0.679 bits per heavy atom. The second-order valence-corrected chi connectivity index (χ2v) is 11.2. The van der Waals surface area contributed by atoms with Crippen LogP contribution in [0.15, 0.2) is 107 Å². The van der Waals surface area contributed by atoms with Crippen LogP contribution in [0.2, 0.25) is 0 Å². The Kier molecular flexibility index (Phi) is 14.1. The van der Waals surface area contributed by atoms with E-state index in [2.05, 4.69) is 20.2 Å². The topological polar surface area (TPSA) is 202 Å². The first-order valence-electron chi connectivity index (χ1n) is 16.5. The molecule has 0 spiro atoms. The number of carboxylic acid groups (broad SMARTS) is 2. The number of benzene rings is 4. The van der Waals surface area contributed by atoms with Crippen LogP contribution < -0.4 is 0 Å². The normalized spacial score (nSPS) is 10.9. The Labute approximate surface area is 328 Å². The molecule has 0 aliphatic heterocycles. The Hall–Kier alpha value is -6.96. The molecular weight excluding hydrogens is 770 g/mol. The van der Waals surface area contributed by atoms with Gasteiger partial charge in [-0.2, -0.15) is 14.9 Å². The average Bonchev–Trinajstić information content (AvgIpc) is 3.69. The predicted molar refractivity (Wildman–Crippen MR) is 197 cm³/mol. The van der Waals surface area contributed by atoms with E-state index in [4.69, 9.17) is 4.74 Å². The summed E-state index contributed by atoms with van der Waals surface area (Å²) in [5.41, 5.74) is 0.263. The molecule has 56 heavy (non-hydrogen) atoms. The molecule has 0 aliphatic carbocycles. The Morgan fingerprint density at radius 3 is 1.57 bits per heavy atom. The van der Waals surface area contributed by atoms with Crippen molar-refractivity contribution in [2.24, 2.45) is 9.98 Å². The molecule has 6 rings (SSSR count). The number of aromatic carboxylic acids is 2. The molecule has 17 heteroatoms. The molecule has 0 bridgehead atoms. The van der Waals surface area contributed by atoms with Gasteiger partial charge in [-0.3, -0.25) is 9.98 Å². The summed E-state index contributed by atoms with van der Waals surface area (Å²) >= 11 is 0. The molecule has 6 aromatic rings. The van der Waals surface area contributed by atoms with Crippen molar-refractivity contribution in [2.45, 2.75) is 20.3 Å². The van der Waals surface area contributed by atoms with Crippen molar-refractivity contribution in [3.8, 4) is 23.1 Å². The quantitative estimate of drug-likeness (QED) is 0.0776. The summed E-state index contributed by atoms with van der Waals surface area (Å²) in [5.74, 6) is -5.67. The van der Waals surface area contributed by atoms with Crippen molar-refractivity contribution in [2.75, 3.05) is 6.61 Å². The van der Waals surface area contributed by atoms with Gasteiger partial charge in [0.15, 0.2) is 5.69 Å². The number of carboxylic acids is 2. The van der Waals surface area contributed by atoms with Crippen LogP contribution in [0, 0.1) is 11.6 Å². The first kappa shape index (κ1) is 41.8. The van der Waals surface area contributed by atoms with Gasteiger partial charge in [0, 0.05) is 29.8 Å². The number of aromatic hydroxyl groups is 2. The van der Waals surface area contributed by atoms with Gasteiger partial charge < -0.3 is 25.2 Å². The number of halogens is 2. The van der Waals surface area contributed by atoms with Gasteiger partial charge in [0.1, 0.15) is 23.0 Å². The van der Waals surface area contributed by atoms with Gasteiger partial charge in [-0.05, 0) is 61.9 Å². The zero-order chi connectivity index (χ0) is 39.6. The summed E-state index contributed by atoms with van der Waals surface area (Å²) in [6, 6.07) is 24.7. The molecule has 0 saturated heterocycles. The van der Waals surface area contributed by atoms with Crippen molar-refractivity contribution in [3.05, 3.63) is 142 Å². The second-order valence-electron chi connectivity index (χ2n) is 11.2. The number of aliphatic imine (C=N–C) groups is 2. The summed E-state index contributed by atoms with van der Waals surface area (Å²) in [7, 11) is 0. The molecule has 2 aromatic heterocycles. The van der Waals surface area contributed by atoms with Gasteiger partial charge in [0.05, 0.1) is 45.9 Å². The van der Waals surface area contributed by atoms with Crippen LogP contribution in [0.5, 0.6) is 11.8 Å². The molecule has 0 amide bonds. The monoisotopic (exact) mass is 802 g/mol. The maximum atomic E-state index is 14.1. The van der Waals surface area contributed by atoms with Crippen molar-refractivity contribution in [3.63, 3.8) is 0 Å². The number of nitrogens with zero attached hydrogens (tertiary/aromatic N) is 6. The largest absolute Gasteiger partial charge is 0.493 e. The number of carbonyl (C=O) groups excluding carboxylic acids is 1. The van der Waals surface area contributed by atoms with Crippen molar-refractivity contribution in [1.82, 2.24) is 19.6 Å². The smallest absolute Gasteiger partial charge is 0.359 e. The Morgan fingerprint density at radius 2 is 1.12 bits per heavy atom. The number of aryl methyl sites for hydroxylation is 1. The SMILES string of the molecule is CCOC(=O)c1nn(-c2ccccc2)c(O)c1C=Nc1c(F)cccc1C(=O)O.CCc1nn(-c2ccccc2)c(O)c1C=Nc1c(F)cccc1C(=O)O.[Cr]. The van der Waals surface area contributed by atoms with E-state index in [0.29, 0.717) is 29.1 Å². The standard InChI is InChI=1S/C20H16FN3O5.C19H16FN3O3.Cr/c1-2-29-20(28)17-14(18(25)24(23-17)12-7-4-3-5-8-12)11-22-16-13(19(26)27)9-6-10-15(16)21;1-2-16-14(18(24)23(22-16)12-7-4-3-5-8-12)11-21-17-13(19(25)26)9-6-10-15(17)20;/h3-11,25H,2H2,1H3,(H,26,27);3-11,24H,2H2,1H3,(H,25,26);. The van der Waals surface area contributed by atoms with E-state index in [1.807, 2.05) is 25.1 Å². The average molecular weight is 803 g/mol. The molecule has 4 N–H and O–H groups in total. The molecule has 0 unspecified atom stereocenters. The number of rotatable bonds is 11. The van der Waals surface area contributed by atoms with Gasteiger partial charge >= 0.3 is 17.9 Å². The maximum Gasteiger partial charge on any atom is 0.359 e. The third kappa shape index (κ3) is 9.21. The van der Waals surface area contributed by atoms with E-state index in [0.717, 1.165) is 23.0 Å². The summed E-state index contributed by atoms with van der Waals surface area (Å²) < 4.78 is 35.5. The van der Waals surface area contributed by atoms with Crippen LogP contribution >= 0.6 is 0 Å². The zero-order valence-electron chi connectivity index (χ0n) is 29.6. The van der Waals surface area contributed by atoms with Gasteiger partial charge in [0.2, 0.25) is 11.8 Å². The number of esters is 1. The molecule has 0 radical (unpaired) electrons. The predicted octanol–water partition coefficient (Wildman–Crippen LogP) is 7.07. The number of carbonyl (C=O) groups is 3. The molecule has 4 aromatic carbocycles. The maximum absolute atomic E-state index is 14.1. The molecule has 14 nitrogen and oxygen atoms in total. The number of hydrogen-bond acceptors (Lipinski definition) is 10. The van der Waals surface area contributed by atoms with Crippen molar-refractivity contribution < 1.29 is 65.7 Å². The third-order valence-corrected chi connectivity index (χ3v) is 7.75. The molecule has 2 heterocycles. The minimum absolute atomic E-state index is 0. The van der Waals surface area contributed by atoms with E-state index < -0.39 is 41.1 Å². The Bertz CT molecular complexity index is 2420. The van der Waals surface area contributed by atoms with Crippen LogP contribution in [-0.2, 0) is 28.5 Å². The third-order valence-electron chi connectivity index (χ3n) is 7.75. The van der Waals surface area contributed by atoms with E-state index >= 15 is 0 Å². The second kappa shape index (κ2) is 18.9. The van der Waals surface area contributed by atoms with E-state index in [9.17, 15) is 43.6 Å². The van der Waals surface area contributed by atoms with Crippen LogP contribution in [-0.4, -0.2) is 76.9 Å².